The summed E-state index contributed by atoms with van der Waals surface area (Å²) < 4.78 is 2.16. The van der Waals surface area contributed by atoms with Crippen molar-refractivity contribution in [2.75, 3.05) is 0 Å². The highest BCUT2D eigenvalue weighted by atomic mass is 14.9. The maximum Gasteiger partial charge on any atom is 0.212 e. The minimum Gasteiger partial charge on any atom is -0.194 e. The Balaban J connectivity index is 2.03. The number of aromatic nitrogens is 1. The van der Waals surface area contributed by atoms with Crippen LogP contribution in [0, 0.1) is 28.6 Å². The highest BCUT2D eigenvalue weighted by molar-refractivity contribution is 5.74. The Morgan fingerprint density at radius 3 is 2.43 bits per heavy atom. The highest BCUT2D eigenvalue weighted by Gasteiger charge is 2.25. The van der Waals surface area contributed by atoms with E-state index >= 15 is 0 Å². The first-order chi connectivity index (χ1) is 11.3. The molecule has 0 saturated heterocycles. The van der Waals surface area contributed by atoms with E-state index in [2.05, 4.69) is 34.9 Å². The Bertz CT molecular complexity index is 793. The second-order valence-corrected chi connectivity index (χ2v) is 6.15. The molecule has 114 valence electrons. The number of para-hydroxylation sites is 1. The lowest BCUT2D eigenvalue weighted by atomic mass is 9.82. The van der Waals surface area contributed by atoms with Crippen LogP contribution in [0.4, 0.5) is 0 Å². The Hall–Kier alpha value is -2.65. The van der Waals surface area contributed by atoms with Crippen LogP contribution in [0.25, 0.3) is 10.9 Å². The lowest BCUT2D eigenvalue weighted by Crippen LogP contribution is -2.37. The Labute approximate surface area is 137 Å². The number of benzene rings is 1. The van der Waals surface area contributed by atoms with Crippen LogP contribution >= 0.6 is 0 Å². The Morgan fingerprint density at radius 1 is 1.00 bits per heavy atom. The Kier molecular flexibility index (Phi) is 4.69. The van der Waals surface area contributed by atoms with Crippen LogP contribution in [0.3, 0.4) is 0 Å². The minimum atomic E-state index is 0.303. The summed E-state index contributed by atoms with van der Waals surface area (Å²) in [5.74, 6) is 0.365. The van der Waals surface area contributed by atoms with E-state index in [-0.39, 0.29) is 0 Å². The summed E-state index contributed by atoms with van der Waals surface area (Å²) in [6.07, 6.45) is 7.87. The van der Waals surface area contributed by atoms with Gasteiger partial charge in [0.1, 0.15) is 17.7 Å². The summed E-state index contributed by atoms with van der Waals surface area (Å²) >= 11 is 0. The summed E-state index contributed by atoms with van der Waals surface area (Å²) in [6.45, 7) is 0.627. The highest BCUT2D eigenvalue weighted by Crippen LogP contribution is 2.31. The molecule has 1 aliphatic rings. The molecule has 1 aromatic heterocycles. The third kappa shape index (κ3) is 3.25. The van der Waals surface area contributed by atoms with Crippen LogP contribution in [0.15, 0.2) is 53.7 Å². The largest absolute Gasteiger partial charge is 0.212 e. The number of fused-ring (bicyclic) bond motifs is 1. The van der Waals surface area contributed by atoms with Crippen molar-refractivity contribution >= 4 is 10.9 Å². The molecule has 1 aliphatic carbocycles. The van der Waals surface area contributed by atoms with E-state index in [1.54, 1.807) is 0 Å². The van der Waals surface area contributed by atoms with Gasteiger partial charge in [0.05, 0.1) is 0 Å². The van der Waals surface area contributed by atoms with Crippen molar-refractivity contribution in [2.24, 2.45) is 5.92 Å². The molecule has 0 bridgehead atoms. The van der Waals surface area contributed by atoms with E-state index in [1.165, 1.54) is 24.6 Å². The molecule has 1 aromatic carbocycles. The van der Waals surface area contributed by atoms with Gasteiger partial charge >= 0.3 is 0 Å². The van der Waals surface area contributed by atoms with E-state index < -0.39 is 0 Å². The van der Waals surface area contributed by atoms with Gasteiger partial charge < -0.3 is 0 Å². The van der Waals surface area contributed by atoms with Gasteiger partial charge in [0.2, 0.25) is 5.52 Å². The number of pyridine rings is 1. The number of allylic oxidation sites excluding steroid dienone is 2. The smallest absolute Gasteiger partial charge is 0.194 e. The van der Waals surface area contributed by atoms with Gasteiger partial charge in [-0.15, -0.1) is 0 Å². The summed E-state index contributed by atoms with van der Waals surface area (Å²) in [4.78, 5) is 0. The molecule has 0 unspecified atom stereocenters. The Morgan fingerprint density at radius 2 is 1.70 bits per heavy atom. The molecule has 0 radical (unpaired) electrons. The molecule has 0 aliphatic heterocycles. The van der Waals surface area contributed by atoms with Crippen LogP contribution < -0.4 is 4.57 Å². The SMILES string of the molecule is N#CC(C#N)=C(C[n+]1cccc2ccccc21)C1CCCCC1. The number of nitriles is 2. The predicted octanol–water partition coefficient (Wildman–Crippen LogP) is 4.05. The third-order valence-corrected chi connectivity index (χ3v) is 4.77. The molecule has 1 fully saturated rings. The van der Waals surface area contributed by atoms with Gasteiger partial charge in [-0.25, -0.2) is 0 Å². The van der Waals surface area contributed by atoms with E-state index in [9.17, 15) is 10.5 Å². The molecule has 0 atom stereocenters. The zero-order chi connectivity index (χ0) is 16.1. The summed E-state index contributed by atoms with van der Waals surface area (Å²) in [6, 6.07) is 16.6. The average molecular weight is 302 g/mol. The molecule has 2 aromatic rings. The summed E-state index contributed by atoms with van der Waals surface area (Å²) in [7, 11) is 0. The number of hydrogen-bond donors (Lipinski definition) is 0. The second kappa shape index (κ2) is 7.07. The maximum absolute atomic E-state index is 9.38. The standard InChI is InChI=1S/C20H20N3/c21-13-18(14-22)19(16-7-2-1-3-8-16)15-23-12-6-10-17-9-4-5-11-20(17)23/h4-6,9-12,16H,1-3,7-8,15H2/q+1. The van der Waals surface area contributed by atoms with Gasteiger partial charge in [0, 0.05) is 23.1 Å². The van der Waals surface area contributed by atoms with Gasteiger partial charge in [0.25, 0.3) is 0 Å². The molecule has 23 heavy (non-hydrogen) atoms. The molecule has 0 N–H and O–H groups in total. The number of nitrogens with zero attached hydrogens (tertiary/aromatic N) is 3. The van der Waals surface area contributed by atoms with Crippen LogP contribution in [0.5, 0.6) is 0 Å². The quantitative estimate of drug-likeness (QED) is 0.634. The van der Waals surface area contributed by atoms with Crippen molar-refractivity contribution in [1.82, 2.24) is 0 Å². The van der Waals surface area contributed by atoms with Crippen molar-refractivity contribution in [3.63, 3.8) is 0 Å². The summed E-state index contributed by atoms with van der Waals surface area (Å²) in [5, 5.41) is 19.9. The van der Waals surface area contributed by atoms with Crippen LogP contribution in [-0.4, -0.2) is 0 Å². The zero-order valence-electron chi connectivity index (χ0n) is 13.2. The van der Waals surface area contributed by atoms with Crippen molar-refractivity contribution in [3.8, 4) is 12.1 Å². The lowest BCUT2D eigenvalue weighted by molar-refractivity contribution is -0.663. The lowest BCUT2D eigenvalue weighted by Gasteiger charge is -2.23. The minimum absolute atomic E-state index is 0.303. The predicted molar refractivity (Wildman–Crippen MR) is 89.0 cm³/mol. The fourth-order valence-corrected chi connectivity index (χ4v) is 3.57. The molecular formula is C20H20N3+. The van der Waals surface area contributed by atoms with Gasteiger partial charge in [-0.2, -0.15) is 15.1 Å². The number of hydrogen-bond acceptors (Lipinski definition) is 2. The van der Waals surface area contributed by atoms with Crippen molar-refractivity contribution in [1.29, 1.82) is 10.5 Å². The molecule has 1 heterocycles. The first-order valence-electron chi connectivity index (χ1n) is 8.24. The molecular weight excluding hydrogens is 282 g/mol. The first kappa shape index (κ1) is 15.3. The fraction of sp³-hybridized carbons (Fsp3) is 0.350. The van der Waals surface area contributed by atoms with Gasteiger partial charge in [-0.1, -0.05) is 31.4 Å². The molecule has 0 spiro atoms. The van der Waals surface area contributed by atoms with Gasteiger partial charge in [-0.3, -0.25) is 0 Å². The van der Waals surface area contributed by atoms with E-state index in [4.69, 9.17) is 0 Å². The zero-order valence-corrected chi connectivity index (χ0v) is 13.2. The van der Waals surface area contributed by atoms with Gasteiger partial charge in [-0.05, 0) is 30.9 Å². The second-order valence-electron chi connectivity index (χ2n) is 6.15. The van der Waals surface area contributed by atoms with Crippen molar-refractivity contribution in [3.05, 3.63) is 53.7 Å². The molecule has 3 heteroatoms. The molecule has 3 nitrogen and oxygen atoms in total. The third-order valence-electron chi connectivity index (χ3n) is 4.77. The molecule has 0 amide bonds. The van der Waals surface area contributed by atoms with Crippen LogP contribution in [-0.2, 0) is 6.54 Å². The average Bonchev–Trinajstić information content (AvgIpc) is 2.63. The molecule has 3 rings (SSSR count). The van der Waals surface area contributed by atoms with E-state index in [1.807, 2.05) is 24.4 Å². The normalized spacial score (nSPS) is 14.9. The van der Waals surface area contributed by atoms with E-state index in [0.717, 1.165) is 23.9 Å². The summed E-state index contributed by atoms with van der Waals surface area (Å²) in [5.41, 5.74) is 2.45. The fourth-order valence-electron chi connectivity index (χ4n) is 3.57. The van der Waals surface area contributed by atoms with Crippen molar-refractivity contribution in [2.45, 2.75) is 38.6 Å². The van der Waals surface area contributed by atoms with E-state index in [0.29, 0.717) is 18.0 Å². The first-order valence-corrected chi connectivity index (χ1v) is 8.24. The maximum atomic E-state index is 9.38. The monoisotopic (exact) mass is 302 g/mol. The van der Waals surface area contributed by atoms with Crippen LogP contribution in [0.2, 0.25) is 0 Å². The molecule has 1 saturated carbocycles. The topological polar surface area (TPSA) is 51.5 Å². The van der Waals surface area contributed by atoms with Crippen molar-refractivity contribution < 1.29 is 4.57 Å². The number of rotatable bonds is 3. The van der Waals surface area contributed by atoms with Gasteiger partial charge in [0.15, 0.2) is 12.7 Å². The van der Waals surface area contributed by atoms with Crippen LogP contribution in [0.1, 0.15) is 32.1 Å².